The zero-order valence-electron chi connectivity index (χ0n) is 16.4. The molecule has 0 bridgehead atoms. The van der Waals surface area contributed by atoms with Crippen LogP contribution in [0.5, 0.6) is 0 Å². The summed E-state index contributed by atoms with van der Waals surface area (Å²) >= 11 is 3.55. The molecule has 3 N–H and O–H groups in total. The van der Waals surface area contributed by atoms with Crippen molar-refractivity contribution in [1.29, 1.82) is 0 Å². The number of rotatable bonds is 13. The molecule has 1 rings (SSSR count). The predicted molar refractivity (Wildman–Crippen MR) is 118 cm³/mol. The van der Waals surface area contributed by atoms with Gasteiger partial charge in [-0.2, -0.15) is 11.8 Å². The molecule has 11 heteroatoms. The van der Waals surface area contributed by atoms with Crippen molar-refractivity contribution in [3.8, 4) is 0 Å². The van der Waals surface area contributed by atoms with E-state index in [1.165, 1.54) is 11.8 Å². The summed E-state index contributed by atoms with van der Waals surface area (Å²) in [6.45, 7) is 0.345. The minimum Gasteiger partial charge on any atom is -0.548 e. The summed E-state index contributed by atoms with van der Waals surface area (Å²) < 4.78 is 1.02. The number of benzene rings is 1. The van der Waals surface area contributed by atoms with Crippen molar-refractivity contribution in [3.05, 3.63) is 33.4 Å². The first-order valence-electron chi connectivity index (χ1n) is 9.26. The van der Waals surface area contributed by atoms with Crippen LogP contribution in [0.25, 0.3) is 0 Å². The molecule has 2 atom stereocenters. The van der Waals surface area contributed by atoms with Crippen LogP contribution in [0, 0.1) is 3.57 Å². The number of halogens is 1. The number of carbonyl (C=O) groups excluding carboxylic acids is 4. The summed E-state index contributed by atoms with van der Waals surface area (Å²) in [6.07, 6.45) is 2.94. The molecule has 0 fully saturated rings. The van der Waals surface area contributed by atoms with Gasteiger partial charge < -0.3 is 35.8 Å². The average Bonchev–Trinajstić information content (AvgIpc) is 2.69. The van der Waals surface area contributed by atoms with Crippen molar-refractivity contribution in [2.24, 2.45) is 0 Å². The van der Waals surface area contributed by atoms with Gasteiger partial charge in [-0.05, 0) is 84.5 Å². The maximum Gasteiger partial charge on any atom is 0.315 e. The Bertz CT molecular complexity index is 731. The summed E-state index contributed by atoms with van der Waals surface area (Å²) in [4.78, 5) is 46.2. The van der Waals surface area contributed by atoms with E-state index in [4.69, 9.17) is 0 Å². The van der Waals surface area contributed by atoms with E-state index in [1.807, 2.05) is 12.1 Å². The lowest BCUT2D eigenvalue weighted by atomic mass is 10.1. The van der Waals surface area contributed by atoms with Crippen molar-refractivity contribution in [2.75, 3.05) is 18.6 Å². The third-order valence-electron chi connectivity index (χ3n) is 4.10. The zero-order chi connectivity index (χ0) is 22.5. The van der Waals surface area contributed by atoms with Crippen LogP contribution < -0.4 is 26.2 Å². The lowest BCUT2D eigenvalue weighted by Gasteiger charge is -2.24. The predicted octanol–water partition coefficient (Wildman–Crippen LogP) is -0.519. The molecular formula is C19H24IN3O6S-2. The summed E-state index contributed by atoms with van der Waals surface area (Å²) in [6, 6.07) is 3.67. The van der Waals surface area contributed by atoms with E-state index in [-0.39, 0.29) is 18.7 Å². The molecule has 0 saturated carbocycles. The van der Waals surface area contributed by atoms with E-state index in [9.17, 15) is 29.4 Å². The topological polar surface area (TPSA) is 150 Å². The van der Waals surface area contributed by atoms with Gasteiger partial charge in [0.2, 0.25) is 0 Å². The Kier molecular flexibility index (Phi) is 12.2. The maximum atomic E-state index is 12.0. The summed E-state index contributed by atoms with van der Waals surface area (Å²) in [5.41, 5.74) is 0.533. The van der Waals surface area contributed by atoms with E-state index < -0.39 is 30.1 Å². The van der Waals surface area contributed by atoms with Crippen molar-refractivity contribution >= 4 is 58.2 Å². The van der Waals surface area contributed by atoms with Crippen molar-refractivity contribution in [2.45, 2.75) is 37.8 Å². The molecule has 0 unspecified atom stereocenters. The molecule has 0 aliphatic heterocycles. The Morgan fingerprint density at radius 1 is 0.967 bits per heavy atom. The van der Waals surface area contributed by atoms with Gasteiger partial charge in [-0.25, -0.2) is 4.79 Å². The van der Waals surface area contributed by atoms with Crippen LogP contribution in [0.3, 0.4) is 0 Å². The number of hydrogen-bond acceptors (Lipinski definition) is 7. The first-order chi connectivity index (χ1) is 14.2. The second kappa shape index (κ2) is 14.1. The maximum absolute atomic E-state index is 12.0. The van der Waals surface area contributed by atoms with Crippen molar-refractivity contribution < 1.29 is 29.4 Å². The molecule has 0 heterocycles. The van der Waals surface area contributed by atoms with Crippen LogP contribution in [-0.4, -0.2) is 54.5 Å². The second-order valence-electron chi connectivity index (χ2n) is 6.40. The standard InChI is InChI=1S/C19H26IN3O6S/c1-30-11-9-15(18(27)28)23-19(29)22-14(17(25)26)4-2-3-10-21-16(24)12-5-7-13(20)8-6-12/h5-8,14-15H,2-4,9-11H2,1H3,(H,21,24)(H,25,26)(H,27,28)(H2,22,23,29)/p-2/t14-,15-/m0/s1. The Balaban J connectivity index is 2.38. The molecule has 0 aliphatic rings. The normalized spacial score (nSPS) is 12.5. The van der Waals surface area contributed by atoms with Gasteiger partial charge in [-0.3, -0.25) is 4.79 Å². The lowest BCUT2D eigenvalue weighted by Crippen LogP contribution is -2.56. The number of unbranched alkanes of at least 4 members (excludes halogenated alkanes) is 1. The van der Waals surface area contributed by atoms with Crippen LogP contribution in [0.4, 0.5) is 4.79 Å². The first-order valence-corrected chi connectivity index (χ1v) is 11.7. The van der Waals surface area contributed by atoms with Crippen LogP contribution in [0.1, 0.15) is 36.0 Å². The Labute approximate surface area is 192 Å². The van der Waals surface area contributed by atoms with E-state index in [0.29, 0.717) is 30.7 Å². The number of urea groups is 1. The number of aliphatic carboxylic acids is 2. The molecule has 9 nitrogen and oxygen atoms in total. The van der Waals surface area contributed by atoms with Crippen LogP contribution in [0.2, 0.25) is 0 Å². The fraction of sp³-hybridized carbons (Fsp3) is 0.474. The quantitative estimate of drug-likeness (QED) is 0.221. The van der Waals surface area contributed by atoms with E-state index in [0.717, 1.165) is 3.57 Å². The number of hydrogen-bond donors (Lipinski definition) is 3. The minimum absolute atomic E-state index is 0.0793. The highest BCUT2D eigenvalue weighted by Crippen LogP contribution is 2.07. The Morgan fingerprint density at radius 3 is 2.07 bits per heavy atom. The highest BCUT2D eigenvalue weighted by molar-refractivity contribution is 14.1. The highest BCUT2D eigenvalue weighted by Gasteiger charge is 2.17. The number of nitrogens with one attached hydrogen (secondary N) is 3. The number of carboxylic acids is 2. The number of thioether (sulfide) groups is 1. The van der Waals surface area contributed by atoms with Crippen molar-refractivity contribution in [3.63, 3.8) is 0 Å². The smallest absolute Gasteiger partial charge is 0.315 e. The van der Waals surface area contributed by atoms with Crippen LogP contribution in [-0.2, 0) is 9.59 Å². The SMILES string of the molecule is CSCC[C@H](NC(=O)N[C@@H](CCCCNC(=O)c1ccc(I)cc1)C(=O)[O-])C(=O)[O-]. The van der Waals surface area contributed by atoms with Gasteiger partial charge >= 0.3 is 6.03 Å². The summed E-state index contributed by atoms with van der Waals surface area (Å²) in [5.74, 6) is -2.63. The van der Waals surface area contributed by atoms with Crippen LogP contribution in [0.15, 0.2) is 24.3 Å². The van der Waals surface area contributed by atoms with Gasteiger partial charge in [0.25, 0.3) is 5.91 Å². The van der Waals surface area contributed by atoms with Crippen molar-refractivity contribution in [1.82, 2.24) is 16.0 Å². The summed E-state index contributed by atoms with van der Waals surface area (Å²) in [7, 11) is 0. The molecule has 166 valence electrons. The summed E-state index contributed by atoms with van der Waals surface area (Å²) in [5, 5.41) is 29.5. The van der Waals surface area contributed by atoms with Gasteiger partial charge in [0, 0.05) is 15.7 Å². The Hall–Kier alpha value is -2.02. The molecule has 1 aromatic carbocycles. The van der Waals surface area contributed by atoms with Gasteiger partial charge in [0.15, 0.2) is 0 Å². The van der Waals surface area contributed by atoms with Gasteiger partial charge in [-0.1, -0.05) is 0 Å². The molecule has 30 heavy (non-hydrogen) atoms. The monoisotopic (exact) mass is 549 g/mol. The second-order valence-corrected chi connectivity index (χ2v) is 8.63. The molecule has 0 spiro atoms. The first kappa shape index (κ1) is 26.0. The van der Waals surface area contributed by atoms with Crippen LogP contribution >= 0.6 is 34.4 Å². The molecule has 0 aromatic heterocycles. The van der Waals surface area contributed by atoms with Gasteiger partial charge in [0.05, 0.1) is 24.0 Å². The fourth-order valence-electron chi connectivity index (χ4n) is 2.47. The zero-order valence-corrected chi connectivity index (χ0v) is 19.4. The third kappa shape index (κ3) is 10.1. The molecule has 0 saturated heterocycles. The molecule has 0 aliphatic carbocycles. The minimum atomic E-state index is -1.47. The van der Waals surface area contributed by atoms with E-state index in [2.05, 4.69) is 38.5 Å². The average molecular weight is 549 g/mol. The van der Waals surface area contributed by atoms with E-state index >= 15 is 0 Å². The number of carboxylic acid groups (broad SMARTS) is 2. The van der Waals surface area contributed by atoms with Gasteiger partial charge in [-0.15, -0.1) is 0 Å². The molecule has 3 amide bonds. The fourth-order valence-corrected chi connectivity index (χ4v) is 3.30. The van der Waals surface area contributed by atoms with Gasteiger partial charge in [0.1, 0.15) is 0 Å². The molecular weight excluding hydrogens is 525 g/mol. The third-order valence-corrected chi connectivity index (χ3v) is 5.46. The molecule has 0 radical (unpaired) electrons. The number of amides is 3. The van der Waals surface area contributed by atoms with E-state index in [1.54, 1.807) is 18.4 Å². The highest BCUT2D eigenvalue weighted by atomic mass is 127. The lowest BCUT2D eigenvalue weighted by molar-refractivity contribution is -0.309. The Morgan fingerprint density at radius 2 is 1.53 bits per heavy atom. The number of carbonyl (C=O) groups is 4. The largest absolute Gasteiger partial charge is 0.548 e. The molecule has 1 aromatic rings.